The van der Waals surface area contributed by atoms with Crippen LogP contribution in [0.3, 0.4) is 0 Å². The summed E-state index contributed by atoms with van der Waals surface area (Å²) in [5.74, 6) is 0. The number of unbranched alkanes of at least 4 members (excludes halogenated alkanes) is 5. The van der Waals surface area contributed by atoms with Gasteiger partial charge in [0.1, 0.15) is 6.79 Å². The summed E-state index contributed by atoms with van der Waals surface area (Å²) in [6.07, 6.45) is 9.45. The van der Waals surface area contributed by atoms with Crippen molar-refractivity contribution in [3.63, 3.8) is 0 Å². The van der Waals surface area contributed by atoms with Gasteiger partial charge in [-0.3, -0.25) is 0 Å². The van der Waals surface area contributed by atoms with Gasteiger partial charge < -0.3 is 28.3 Å². The van der Waals surface area contributed by atoms with E-state index >= 15 is 0 Å². The monoisotopic (exact) mass is 260 g/mol. The maximum absolute atomic E-state index is 5.33. The summed E-state index contributed by atoms with van der Waals surface area (Å²) in [6, 6.07) is 0. The second-order valence-corrected chi connectivity index (χ2v) is 3.55. The van der Waals surface area contributed by atoms with E-state index < -0.39 is 0 Å². The Balaban J connectivity index is -0.000000845. The zero-order chi connectivity index (χ0) is 10.5. The van der Waals surface area contributed by atoms with Gasteiger partial charge in [0.25, 0.3) is 0 Å². The van der Waals surface area contributed by atoms with Crippen LogP contribution in [0, 0.1) is 6.42 Å². The van der Waals surface area contributed by atoms with Gasteiger partial charge in [0.2, 0.25) is 0 Å². The Labute approximate surface area is 123 Å². The van der Waals surface area contributed by atoms with Crippen molar-refractivity contribution in [1.29, 1.82) is 0 Å². The molecular formula is C12H25ClMgO2. The number of ether oxygens (including phenoxy) is 2. The molecule has 4 heteroatoms. The fourth-order valence-corrected chi connectivity index (χ4v) is 1.20. The normalized spacial score (nSPS) is 9.38. The van der Waals surface area contributed by atoms with E-state index in [1.165, 1.54) is 25.7 Å². The van der Waals surface area contributed by atoms with Gasteiger partial charge >= 0.3 is 23.1 Å². The molecule has 0 unspecified atom stereocenters. The van der Waals surface area contributed by atoms with E-state index in [1.807, 2.05) is 0 Å². The molecule has 0 bridgehead atoms. The van der Waals surface area contributed by atoms with Crippen LogP contribution in [0.4, 0.5) is 0 Å². The number of rotatable bonds is 11. The largest absolute Gasteiger partial charge is 2.00 e. The minimum absolute atomic E-state index is 0. The average Bonchev–Trinajstić information content (AvgIpc) is 2.21. The van der Waals surface area contributed by atoms with Crippen LogP contribution >= 0.6 is 0 Å². The molecule has 0 aliphatic heterocycles. The Kier molecular flexibility index (Phi) is 29.5. The second kappa shape index (κ2) is 21.3. The maximum Gasteiger partial charge on any atom is 2.00 e. The third kappa shape index (κ3) is 20.4. The summed E-state index contributed by atoms with van der Waals surface area (Å²) in [7, 11) is 0. The number of halogens is 1. The molecule has 16 heavy (non-hydrogen) atoms. The molecule has 0 aromatic carbocycles. The van der Waals surface area contributed by atoms with Crippen LogP contribution in [-0.4, -0.2) is 43.1 Å². The summed E-state index contributed by atoms with van der Waals surface area (Å²) in [5.41, 5.74) is 0. The molecule has 0 aliphatic carbocycles. The Hall–Kier alpha value is 0.976. The first-order chi connectivity index (χ1) is 6.91. The molecule has 0 aliphatic rings. The quantitative estimate of drug-likeness (QED) is 0.229. The molecule has 0 N–H and O–H groups in total. The summed E-state index contributed by atoms with van der Waals surface area (Å²) in [4.78, 5) is 0. The zero-order valence-electron chi connectivity index (χ0n) is 10.8. The molecule has 0 spiro atoms. The Morgan fingerprint density at radius 2 is 1.56 bits per heavy atom. The van der Waals surface area contributed by atoms with E-state index in [1.54, 1.807) is 0 Å². The van der Waals surface area contributed by atoms with Crippen molar-refractivity contribution >= 4 is 23.1 Å². The Bertz CT molecular complexity index is 93.0. The minimum atomic E-state index is 0. The van der Waals surface area contributed by atoms with Crippen LogP contribution in [0.15, 0.2) is 0 Å². The predicted molar refractivity (Wildman–Crippen MR) is 65.9 cm³/mol. The zero-order valence-corrected chi connectivity index (χ0v) is 13.0. The standard InChI is InChI=1S/C12H25O2.ClH.Mg/c1-3-5-7-9-11-14-12-13-10-8-6-4-2;;/h4H,3,5-12H2,1-2H3;1H;/q-1;;+2/p-1. The SMILES string of the molecule is C[CH-]CCCOCOCCCCCC.[Cl-].[Mg+2]. The molecule has 0 amide bonds. The topological polar surface area (TPSA) is 18.5 Å². The van der Waals surface area contributed by atoms with Crippen molar-refractivity contribution < 1.29 is 21.9 Å². The van der Waals surface area contributed by atoms with Gasteiger partial charge in [-0.05, 0) is 6.42 Å². The molecule has 2 nitrogen and oxygen atoms in total. The van der Waals surface area contributed by atoms with Gasteiger partial charge in [-0.2, -0.15) is 13.3 Å². The third-order valence-corrected chi connectivity index (χ3v) is 2.09. The molecular weight excluding hydrogens is 236 g/mol. The van der Waals surface area contributed by atoms with Crippen LogP contribution in [0.25, 0.3) is 0 Å². The van der Waals surface area contributed by atoms with Gasteiger partial charge in [-0.1, -0.05) is 32.6 Å². The fraction of sp³-hybridized carbons (Fsp3) is 0.917. The van der Waals surface area contributed by atoms with Crippen LogP contribution in [0.1, 0.15) is 52.4 Å². The van der Waals surface area contributed by atoms with E-state index in [-0.39, 0.29) is 35.5 Å². The molecule has 0 fully saturated rings. The summed E-state index contributed by atoms with van der Waals surface area (Å²) in [5, 5.41) is 0. The smallest absolute Gasteiger partial charge is 1.00 e. The van der Waals surface area contributed by atoms with E-state index in [9.17, 15) is 0 Å². The van der Waals surface area contributed by atoms with Crippen molar-refractivity contribution in [2.24, 2.45) is 0 Å². The third-order valence-electron chi connectivity index (χ3n) is 2.09. The Morgan fingerprint density at radius 1 is 0.938 bits per heavy atom. The van der Waals surface area contributed by atoms with Gasteiger partial charge in [0, 0.05) is 13.2 Å². The van der Waals surface area contributed by atoms with E-state index in [0.717, 1.165) is 26.1 Å². The van der Waals surface area contributed by atoms with Crippen LogP contribution < -0.4 is 12.4 Å². The van der Waals surface area contributed by atoms with Crippen molar-refractivity contribution in [2.45, 2.75) is 52.4 Å². The molecule has 0 aromatic rings. The summed E-state index contributed by atoms with van der Waals surface area (Å²) < 4.78 is 10.6. The van der Waals surface area contributed by atoms with Gasteiger partial charge in [0.05, 0.1) is 0 Å². The van der Waals surface area contributed by atoms with Gasteiger partial charge in [-0.25, -0.2) is 0 Å². The van der Waals surface area contributed by atoms with Gasteiger partial charge in [0.15, 0.2) is 0 Å². The van der Waals surface area contributed by atoms with E-state index in [2.05, 4.69) is 20.3 Å². The van der Waals surface area contributed by atoms with Crippen molar-refractivity contribution in [1.82, 2.24) is 0 Å². The van der Waals surface area contributed by atoms with Crippen molar-refractivity contribution in [3.05, 3.63) is 6.42 Å². The van der Waals surface area contributed by atoms with Crippen molar-refractivity contribution in [2.75, 3.05) is 20.0 Å². The molecule has 0 aromatic heterocycles. The summed E-state index contributed by atoms with van der Waals surface area (Å²) in [6.45, 7) is 6.42. The Morgan fingerprint density at radius 3 is 2.12 bits per heavy atom. The summed E-state index contributed by atoms with van der Waals surface area (Å²) >= 11 is 0. The van der Waals surface area contributed by atoms with Crippen LogP contribution in [0.2, 0.25) is 0 Å². The molecule has 0 rings (SSSR count). The fourth-order valence-electron chi connectivity index (χ4n) is 1.20. The molecule has 0 saturated carbocycles. The first-order valence-electron chi connectivity index (χ1n) is 5.85. The van der Waals surface area contributed by atoms with Gasteiger partial charge in [-0.15, -0.1) is 0 Å². The first kappa shape index (κ1) is 22.2. The molecule has 94 valence electrons. The van der Waals surface area contributed by atoms with Crippen molar-refractivity contribution in [3.8, 4) is 0 Å². The molecule has 0 heterocycles. The van der Waals surface area contributed by atoms with Crippen LogP contribution in [-0.2, 0) is 9.47 Å². The first-order valence-corrected chi connectivity index (χ1v) is 5.85. The minimum Gasteiger partial charge on any atom is -1.00 e. The number of hydrogen-bond acceptors (Lipinski definition) is 2. The van der Waals surface area contributed by atoms with E-state index in [0.29, 0.717) is 6.79 Å². The molecule has 0 radical (unpaired) electrons. The van der Waals surface area contributed by atoms with Crippen LogP contribution in [0.5, 0.6) is 0 Å². The number of hydrogen-bond donors (Lipinski definition) is 0. The molecule has 0 saturated heterocycles. The predicted octanol–water partition coefficient (Wildman–Crippen LogP) is 0.185. The second-order valence-electron chi connectivity index (χ2n) is 3.55. The average molecular weight is 261 g/mol. The maximum atomic E-state index is 5.33. The molecule has 0 atom stereocenters. The van der Waals surface area contributed by atoms with E-state index in [4.69, 9.17) is 9.47 Å².